The quantitative estimate of drug-likeness (QED) is 0.907. The number of carboxylic acid groups (broad SMARTS) is 1. The van der Waals surface area contributed by atoms with Gasteiger partial charge in [0.1, 0.15) is 13.2 Å². The fraction of sp³-hybridized carbons (Fsp3) is 0.385. The second-order valence-electron chi connectivity index (χ2n) is 4.38. The van der Waals surface area contributed by atoms with Crippen molar-refractivity contribution in [3.05, 3.63) is 12.1 Å². The van der Waals surface area contributed by atoms with Crippen molar-refractivity contribution in [2.24, 2.45) is 0 Å². The molecule has 0 spiro atoms. The number of fused-ring (bicyclic) bond motifs is 2. The van der Waals surface area contributed by atoms with Gasteiger partial charge in [-0.25, -0.2) is 0 Å². The first-order valence-corrected chi connectivity index (χ1v) is 6.24. The number of carboxylic acids is 1. The summed E-state index contributed by atoms with van der Waals surface area (Å²) in [6, 6.07) is 3.97. The number of ether oxygens (including phenoxy) is 3. The summed E-state index contributed by atoms with van der Waals surface area (Å²) >= 11 is 0. The van der Waals surface area contributed by atoms with Gasteiger partial charge in [0.2, 0.25) is 0 Å². The van der Waals surface area contributed by atoms with E-state index in [0.717, 1.165) is 5.52 Å². The fourth-order valence-electron chi connectivity index (χ4n) is 2.22. The zero-order valence-corrected chi connectivity index (χ0v) is 11.0. The van der Waals surface area contributed by atoms with Crippen LogP contribution in [0, 0.1) is 0 Å². The average molecular weight is 278 g/mol. The highest BCUT2D eigenvalue weighted by Gasteiger charge is 2.18. The molecule has 3 rings (SSSR count). The molecule has 1 aliphatic rings. The van der Waals surface area contributed by atoms with Crippen molar-refractivity contribution < 1.29 is 24.1 Å². The summed E-state index contributed by atoms with van der Waals surface area (Å²) in [7, 11) is 1.51. The van der Waals surface area contributed by atoms with Gasteiger partial charge < -0.3 is 19.3 Å². The average Bonchev–Trinajstić information content (AvgIpc) is 2.79. The van der Waals surface area contributed by atoms with Gasteiger partial charge in [-0.2, -0.15) is 4.98 Å². The smallest absolute Gasteiger partial charge is 0.305 e. The number of aromatic nitrogens is 2. The first kappa shape index (κ1) is 12.6. The Hall–Kier alpha value is -2.44. The molecule has 2 heterocycles. The molecule has 106 valence electrons. The maximum Gasteiger partial charge on any atom is 0.305 e. The van der Waals surface area contributed by atoms with Crippen molar-refractivity contribution in [1.82, 2.24) is 9.55 Å². The third-order valence-corrected chi connectivity index (χ3v) is 3.11. The SMILES string of the molecule is COc1nc2cc3c(cc2n1CCC(=O)O)OCCO3. The van der Waals surface area contributed by atoms with E-state index in [-0.39, 0.29) is 13.0 Å². The molecule has 7 heteroatoms. The molecule has 0 fully saturated rings. The minimum absolute atomic E-state index is 0.00371. The van der Waals surface area contributed by atoms with Crippen LogP contribution in [0.3, 0.4) is 0 Å². The lowest BCUT2D eigenvalue weighted by atomic mass is 10.2. The summed E-state index contributed by atoms with van der Waals surface area (Å²) in [4.78, 5) is 15.1. The van der Waals surface area contributed by atoms with Crippen LogP contribution in [0.2, 0.25) is 0 Å². The number of benzene rings is 1. The molecule has 20 heavy (non-hydrogen) atoms. The molecule has 1 aromatic heterocycles. The van der Waals surface area contributed by atoms with Gasteiger partial charge in [-0.15, -0.1) is 0 Å². The van der Waals surface area contributed by atoms with Crippen LogP contribution in [0.4, 0.5) is 0 Å². The zero-order valence-electron chi connectivity index (χ0n) is 11.0. The molecule has 0 atom stereocenters. The summed E-state index contributed by atoms with van der Waals surface area (Å²) in [6.07, 6.45) is -0.00371. The largest absolute Gasteiger partial charge is 0.486 e. The minimum atomic E-state index is -0.869. The first-order chi connectivity index (χ1) is 9.69. The standard InChI is InChI=1S/C13H14N2O5/c1-18-13-14-8-6-10-11(20-5-4-19-10)7-9(8)15(13)3-2-12(16)17/h6-7H,2-5H2,1H3,(H,16,17). The zero-order chi connectivity index (χ0) is 14.1. The van der Waals surface area contributed by atoms with Gasteiger partial charge >= 0.3 is 5.97 Å². The minimum Gasteiger partial charge on any atom is -0.486 e. The molecule has 1 N–H and O–H groups in total. The van der Waals surface area contributed by atoms with Gasteiger partial charge in [0.15, 0.2) is 11.5 Å². The highest BCUT2D eigenvalue weighted by Crippen LogP contribution is 2.35. The predicted octanol–water partition coefficient (Wildman–Crippen LogP) is 1.29. The van der Waals surface area contributed by atoms with E-state index in [9.17, 15) is 4.79 Å². The van der Waals surface area contributed by atoms with Gasteiger partial charge in [0.25, 0.3) is 6.01 Å². The van der Waals surface area contributed by atoms with Gasteiger partial charge in [-0.1, -0.05) is 0 Å². The Labute approximate surface area is 114 Å². The van der Waals surface area contributed by atoms with Gasteiger partial charge in [-0.3, -0.25) is 9.36 Å². The molecule has 0 amide bonds. The van der Waals surface area contributed by atoms with Crippen molar-refractivity contribution in [3.63, 3.8) is 0 Å². The topological polar surface area (TPSA) is 82.8 Å². The number of hydrogen-bond acceptors (Lipinski definition) is 5. The lowest BCUT2D eigenvalue weighted by Gasteiger charge is -2.18. The van der Waals surface area contributed by atoms with Crippen LogP contribution in [0.5, 0.6) is 17.5 Å². The van der Waals surface area contributed by atoms with Crippen molar-refractivity contribution in [2.75, 3.05) is 20.3 Å². The highest BCUT2D eigenvalue weighted by atomic mass is 16.6. The summed E-state index contributed by atoms with van der Waals surface area (Å²) in [6.45, 7) is 1.29. The van der Waals surface area contributed by atoms with E-state index in [1.165, 1.54) is 7.11 Å². The van der Waals surface area contributed by atoms with E-state index in [4.69, 9.17) is 19.3 Å². The van der Waals surface area contributed by atoms with Crippen LogP contribution in [0.25, 0.3) is 11.0 Å². The van der Waals surface area contributed by atoms with Crippen molar-refractivity contribution in [1.29, 1.82) is 0 Å². The van der Waals surface area contributed by atoms with E-state index in [1.807, 2.05) is 0 Å². The van der Waals surface area contributed by atoms with E-state index in [2.05, 4.69) is 4.98 Å². The number of aliphatic carboxylic acids is 1. The summed E-state index contributed by atoms with van der Waals surface area (Å²) in [5.41, 5.74) is 1.46. The Balaban J connectivity index is 2.08. The van der Waals surface area contributed by atoms with Crippen LogP contribution >= 0.6 is 0 Å². The highest BCUT2D eigenvalue weighted by molar-refractivity contribution is 5.81. The van der Waals surface area contributed by atoms with Crippen LogP contribution < -0.4 is 14.2 Å². The molecule has 0 bridgehead atoms. The van der Waals surface area contributed by atoms with Crippen LogP contribution in [0.1, 0.15) is 6.42 Å². The molecule has 0 radical (unpaired) electrons. The number of imidazole rings is 1. The number of rotatable bonds is 4. The summed E-state index contributed by atoms with van der Waals surface area (Å²) in [5.74, 6) is 0.420. The lowest BCUT2D eigenvalue weighted by Crippen LogP contribution is -2.15. The molecule has 0 saturated carbocycles. The lowest BCUT2D eigenvalue weighted by molar-refractivity contribution is -0.137. The number of carbonyl (C=O) groups is 1. The van der Waals surface area contributed by atoms with E-state index >= 15 is 0 Å². The number of methoxy groups -OCH3 is 1. The Bertz CT molecular complexity index is 664. The molecule has 7 nitrogen and oxygen atoms in total. The fourth-order valence-corrected chi connectivity index (χ4v) is 2.22. The molecule has 0 unspecified atom stereocenters. The summed E-state index contributed by atoms with van der Waals surface area (Å²) < 4.78 is 18.0. The van der Waals surface area contributed by atoms with E-state index in [1.54, 1.807) is 16.7 Å². The Morgan fingerprint density at radius 3 is 2.75 bits per heavy atom. The molecular formula is C13H14N2O5. The third-order valence-electron chi connectivity index (χ3n) is 3.11. The van der Waals surface area contributed by atoms with Crippen LogP contribution in [-0.4, -0.2) is 41.0 Å². The molecule has 0 aliphatic carbocycles. The molecule has 2 aromatic rings. The maximum atomic E-state index is 10.7. The second-order valence-corrected chi connectivity index (χ2v) is 4.38. The molecule has 0 saturated heterocycles. The third kappa shape index (κ3) is 2.11. The van der Waals surface area contributed by atoms with Crippen molar-refractivity contribution >= 4 is 17.0 Å². The van der Waals surface area contributed by atoms with Crippen LogP contribution in [-0.2, 0) is 11.3 Å². The van der Waals surface area contributed by atoms with Gasteiger partial charge in [0, 0.05) is 18.7 Å². The second kappa shape index (κ2) is 4.92. The van der Waals surface area contributed by atoms with E-state index in [0.29, 0.717) is 36.2 Å². The Morgan fingerprint density at radius 2 is 2.10 bits per heavy atom. The van der Waals surface area contributed by atoms with Crippen molar-refractivity contribution in [2.45, 2.75) is 13.0 Å². The predicted molar refractivity (Wildman–Crippen MR) is 69.5 cm³/mol. The number of hydrogen-bond donors (Lipinski definition) is 1. The summed E-state index contributed by atoms with van der Waals surface area (Å²) in [5, 5.41) is 8.82. The monoisotopic (exact) mass is 278 g/mol. The Morgan fingerprint density at radius 1 is 1.40 bits per heavy atom. The van der Waals surface area contributed by atoms with Crippen LogP contribution in [0.15, 0.2) is 12.1 Å². The van der Waals surface area contributed by atoms with Gasteiger partial charge in [-0.05, 0) is 0 Å². The Kier molecular flexibility index (Phi) is 3.09. The molecule has 1 aromatic carbocycles. The number of nitrogens with zero attached hydrogens (tertiary/aromatic N) is 2. The first-order valence-electron chi connectivity index (χ1n) is 6.24. The van der Waals surface area contributed by atoms with Crippen molar-refractivity contribution in [3.8, 4) is 17.5 Å². The molecule has 1 aliphatic heterocycles. The van der Waals surface area contributed by atoms with Gasteiger partial charge in [0.05, 0.1) is 24.6 Å². The maximum absolute atomic E-state index is 10.7. The molecular weight excluding hydrogens is 264 g/mol. The normalized spacial score (nSPS) is 13.4. The number of aryl methyl sites for hydroxylation is 1. The van der Waals surface area contributed by atoms with E-state index < -0.39 is 5.97 Å².